The third-order valence-corrected chi connectivity index (χ3v) is 2.99. The molecule has 0 radical (unpaired) electrons. The summed E-state index contributed by atoms with van der Waals surface area (Å²) in [6.07, 6.45) is 0. The molecule has 0 aromatic heterocycles. The minimum Gasteiger partial charge on any atom is -0.0913 e. The maximum atomic E-state index is 5.85. The first-order valence-electron chi connectivity index (χ1n) is 3.48. The van der Waals surface area contributed by atoms with Crippen LogP contribution < -0.4 is 0 Å². The molecular formula is C9H6Cl4. The van der Waals surface area contributed by atoms with E-state index in [1.807, 2.05) is 6.92 Å². The molecule has 13 heavy (non-hydrogen) atoms. The van der Waals surface area contributed by atoms with Crippen molar-refractivity contribution in [1.29, 1.82) is 0 Å². The molecule has 0 unspecified atom stereocenters. The van der Waals surface area contributed by atoms with Crippen LogP contribution in [-0.2, 0) is 0 Å². The smallest absolute Gasteiger partial charge is 0.0598 e. The molecule has 0 saturated heterocycles. The number of hydrogen-bond donors (Lipinski definition) is 0. The first-order chi connectivity index (χ1) is 6.06. The van der Waals surface area contributed by atoms with Crippen molar-refractivity contribution in [3.8, 4) is 0 Å². The summed E-state index contributed by atoms with van der Waals surface area (Å²) in [7, 11) is 0. The minimum atomic E-state index is 0.456. The number of rotatable bonds is 1. The summed E-state index contributed by atoms with van der Waals surface area (Å²) >= 11 is 23.0. The van der Waals surface area contributed by atoms with Gasteiger partial charge in [-0.25, -0.2) is 0 Å². The van der Waals surface area contributed by atoms with E-state index in [0.717, 1.165) is 11.1 Å². The fourth-order valence-corrected chi connectivity index (χ4v) is 1.67. The van der Waals surface area contributed by atoms with E-state index < -0.39 is 0 Å². The lowest BCUT2D eigenvalue weighted by Crippen LogP contribution is -1.84. The molecule has 0 heterocycles. The van der Waals surface area contributed by atoms with Crippen molar-refractivity contribution in [2.45, 2.75) is 6.92 Å². The molecule has 1 aromatic carbocycles. The van der Waals surface area contributed by atoms with Crippen molar-refractivity contribution >= 4 is 51.4 Å². The van der Waals surface area contributed by atoms with Crippen LogP contribution >= 0.6 is 46.4 Å². The second-order valence-corrected chi connectivity index (χ2v) is 3.98. The first-order valence-corrected chi connectivity index (χ1v) is 5.05. The van der Waals surface area contributed by atoms with E-state index in [9.17, 15) is 0 Å². The van der Waals surface area contributed by atoms with Crippen molar-refractivity contribution in [3.63, 3.8) is 0 Å². The van der Waals surface area contributed by atoms with Gasteiger partial charge in [0.1, 0.15) is 0 Å². The molecule has 70 valence electrons. The minimum absolute atomic E-state index is 0.456. The summed E-state index contributed by atoms with van der Waals surface area (Å²) in [5, 5.41) is 1.44. The van der Waals surface area contributed by atoms with Crippen LogP contribution in [-0.4, -0.2) is 0 Å². The van der Waals surface area contributed by atoms with Crippen molar-refractivity contribution in [3.05, 3.63) is 38.8 Å². The molecule has 0 fully saturated rings. The van der Waals surface area contributed by atoms with Gasteiger partial charge in [0, 0.05) is 5.54 Å². The lowest BCUT2D eigenvalue weighted by Gasteiger charge is -2.05. The monoisotopic (exact) mass is 254 g/mol. The molecule has 0 nitrogen and oxygen atoms in total. The Kier molecular flexibility index (Phi) is 3.93. The van der Waals surface area contributed by atoms with Gasteiger partial charge < -0.3 is 0 Å². The van der Waals surface area contributed by atoms with Gasteiger partial charge >= 0.3 is 0 Å². The van der Waals surface area contributed by atoms with Gasteiger partial charge in [-0.1, -0.05) is 46.4 Å². The van der Waals surface area contributed by atoms with Gasteiger partial charge in [-0.05, 0) is 30.2 Å². The summed E-state index contributed by atoms with van der Waals surface area (Å²) in [5.41, 5.74) is 3.04. The van der Waals surface area contributed by atoms with E-state index in [1.54, 1.807) is 12.1 Å². The molecule has 0 atom stereocenters. The van der Waals surface area contributed by atoms with E-state index in [2.05, 4.69) is 0 Å². The molecule has 0 saturated carbocycles. The summed E-state index contributed by atoms with van der Waals surface area (Å²) in [6, 6.07) is 3.45. The summed E-state index contributed by atoms with van der Waals surface area (Å²) < 4.78 is 0. The van der Waals surface area contributed by atoms with Crippen LogP contribution in [0.25, 0.3) is 5.03 Å². The quantitative estimate of drug-likeness (QED) is 0.657. The lowest BCUT2D eigenvalue weighted by atomic mass is 10.1. The zero-order valence-electron chi connectivity index (χ0n) is 6.74. The van der Waals surface area contributed by atoms with Crippen LogP contribution in [0.3, 0.4) is 0 Å². The van der Waals surface area contributed by atoms with Gasteiger partial charge in [0.05, 0.1) is 15.1 Å². The second kappa shape index (κ2) is 4.56. The summed E-state index contributed by atoms with van der Waals surface area (Å²) in [6.45, 7) is 1.89. The zero-order chi connectivity index (χ0) is 10.0. The highest BCUT2D eigenvalue weighted by Gasteiger charge is 2.06. The largest absolute Gasteiger partial charge is 0.0913 e. The average molecular weight is 256 g/mol. The molecule has 4 heteroatoms. The van der Waals surface area contributed by atoms with Crippen LogP contribution in [0, 0.1) is 6.92 Å². The second-order valence-electron chi connectivity index (χ2n) is 2.54. The van der Waals surface area contributed by atoms with E-state index in [0.29, 0.717) is 15.1 Å². The normalized spacial score (nSPS) is 11.9. The van der Waals surface area contributed by atoms with Gasteiger partial charge in [-0.15, -0.1) is 0 Å². The molecule has 0 N–H and O–H groups in total. The zero-order valence-corrected chi connectivity index (χ0v) is 9.77. The molecule has 0 amide bonds. The van der Waals surface area contributed by atoms with Crippen LogP contribution in [0.5, 0.6) is 0 Å². The highest BCUT2D eigenvalue weighted by molar-refractivity contribution is 6.53. The number of benzene rings is 1. The molecule has 1 aromatic rings. The Labute approximate surface area is 97.0 Å². The molecule has 0 bridgehead atoms. The van der Waals surface area contributed by atoms with E-state index in [4.69, 9.17) is 46.4 Å². The third-order valence-electron chi connectivity index (χ3n) is 1.62. The Morgan fingerprint density at radius 3 is 2.31 bits per heavy atom. The van der Waals surface area contributed by atoms with Gasteiger partial charge in [0.15, 0.2) is 0 Å². The summed E-state index contributed by atoms with van der Waals surface area (Å²) in [4.78, 5) is 0. The molecule has 0 aliphatic heterocycles. The van der Waals surface area contributed by atoms with Gasteiger partial charge in [0.25, 0.3) is 0 Å². The van der Waals surface area contributed by atoms with E-state index >= 15 is 0 Å². The molecule has 0 spiro atoms. The first kappa shape index (κ1) is 11.2. The van der Waals surface area contributed by atoms with Crippen molar-refractivity contribution in [2.24, 2.45) is 0 Å². The van der Waals surface area contributed by atoms with Crippen LogP contribution in [0.2, 0.25) is 10.0 Å². The Balaban J connectivity index is 3.32. The number of hydrogen-bond acceptors (Lipinski definition) is 0. The Bertz CT molecular complexity index is 355. The maximum absolute atomic E-state index is 5.85. The Hall–Kier alpha value is 0.120. The topological polar surface area (TPSA) is 0 Å². The predicted octanol–water partition coefficient (Wildman–Crippen LogP) is 5.08. The van der Waals surface area contributed by atoms with Crippen LogP contribution in [0.4, 0.5) is 0 Å². The SMILES string of the molecule is Cc1cc(Cl)c(Cl)cc1C(Cl)=CCl. The molecule has 0 aliphatic rings. The molecule has 0 aliphatic carbocycles. The molecular weight excluding hydrogens is 250 g/mol. The molecule has 1 rings (SSSR count). The Morgan fingerprint density at radius 2 is 1.77 bits per heavy atom. The maximum Gasteiger partial charge on any atom is 0.0598 e. The highest BCUT2D eigenvalue weighted by atomic mass is 35.5. The fourth-order valence-electron chi connectivity index (χ4n) is 0.962. The van der Waals surface area contributed by atoms with Gasteiger partial charge in [0.2, 0.25) is 0 Å². The number of aryl methyl sites for hydroxylation is 1. The van der Waals surface area contributed by atoms with E-state index in [-0.39, 0.29) is 0 Å². The summed E-state index contributed by atoms with van der Waals surface area (Å²) in [5.74, 6) is 0. The van der Waals surface area contributed by atoms with Crippen molar-refractivity contribution < 1.29 is 0 Å². The Morgan fingerprint density at radius 1 is 1.23 bits per heavy atom. The standard InChI is InChI=1S/C9H6Cl4/c1-5-2-7(11)8(12)3-6(5)9(13)4-10/h2-4H,1H3. The predicted molar refractivity (Wildman–Crippen MR) is 60.9 cm³/mol. The highest BCUT2D eigenvalue weighted by Crippen LogP contribution is 2.31. The third kappa shape index (κ3) is 2.54. The van der Waals surface area contributed by atoms with Crippen LogP contribution in [0.1, 0.15) is 11.1 Å². The number of halogens is 4. The van der Waals surface area contributed by atoms with Crippen molar-refractivity contribution in [1.82, 2.24) is 0 Å². The fraction of sp³-hybridized carbons (Fsp3) is 0.111. The van der Waals surface area contributed by atoms with E-state index in [1.165, 1.54) is 5.54 Å². The van der Waals surface area contributed by atoms with Gasteiger partial charge in [-0.2, -0.15) is 0 Å². The average Bonchev–Trinajstić information content (AvgIpc) is 2.10. The van der Waals surface area contributed by atoms with Crippen molar-refractivity contribution in [2.75, 3.05) is 0 Å². The van der Waals surface area contributed by atoms with Gasteiger partial charge in [-0.3, -0.25) is 0 Å². The lowest BCUT2D eigenvalue weighted by molar-refractivity contribution is 1.44. The van der Waals surface area contributed by atoms with Crippen LogP contribution in [0.15, 0.2) is 17.7 Å².